The van der Waals surface area contributed by atoms with Crippen LogP contribution in [0.4, 0.5) is 0 Å². The minimum absolute atomic E-state index is 0.0199. The van der Waals surface area contributed by atoms with Crippen molar-refractivity contribution in [1.29, 1.82) is 0 Å². The summed E-state index contributed by atoms with van der Waals surface area (Å²) < 4.78 is 6.16. The molecule has 0 aromatic carbocycles. The topological polar surface area (TPSA) is 66.8 Å². The second-order valence-electron chi connectivity index (χ2n) is 14.2. The van der Waals surface area contributed by atoms with E-state index in [2.05, 4.69) is 34.6 Å². The van der Waals surface area contributed by atoms with E-state index in [9.17, 15) is 15.0 Å². The highest BCUT2D eigenvalue weighted by atomic mass is 16.6. The summed E-state index contributed by atoms with van der Waals surface area (Å²) in [7, 11) is 0. The average molecular weight is 461 g/mol. The van der Waals surface area contributed by atoms with E-state index in [-0.39, 0.29) is 52.0 Å². The van der Waals surface area contributed by atoms with Crippen molar-refractivity contribution in [2.24, 2.45) is 51.2 Å². The monoisotopic (exact) mass is 460 g/mol. The number of Topliss-reactive ketones (excluding diaryl/α,β-unsaturated/α-hetero) is 1. The van der Waals surface area contributed by atoms with Crippen LogP contribution < -0.4 is 0 Å². The lowest BCUT2D eigenvalue weighted by atomic mass is 9.33. The van der Waals surface area contributed by atoms with Gasteiger partial charge in [-0.25, -0.2) is 0 Å². The molecule has 5 saturated carbocycles. The summed E-state index contributed by atoms with van der Waals surface area (Å²) in [6.07, 6.45) is 10.7. The first-order chi connectivity index (χ1) is 15.4. The van der Waals surface area contributed by atoms with Gasteiger partial charge in [0.25, 0.3) is 0 Å². The molecular weight excluding hydrogens is 412 g/mol. The van der Waals surface area contributed by atoms with Crippen LogP contribution in [0.2, 0.25) is 0 Å². The summed E-state index contributed by atoms with van der Waals surface area (Å²) in [5.74, 6) is 2.37. The fraction of sp³-hybridized carbons (Fsp3) is 0.966. The van der Waals surface area contributed by atoms with E-state index in [0.717, 1.165) is 38.5 Å². The maximum absolute atomic E-state index is 12.8. The molecular formula is C29H48O4. The summed E-state index contributed by atoms with van der Waals surface area (Å²) in [4.78, 5) is 12.8. The molecule has 5 rings (SSSR count). The van der Waals surface area contributed by atoms with E-state index in [0.29, 0.717) is 23.5 Å². The number of aliphatic hydroxyl groups excluding tert-OH is 2. The molecule has 8 unspecified atom stereocenters. The van der Waals surface area contributed by atoms with Gasteiger partial charge in [0, 0.05) is 11.8 Å². The highest BCUT2D eigenvalue weighted by Crippen LogP contribution is 2.76. The minimum Gasteiger partial charge on any atom is -0.393 e. The highest BCUT2D eigenvalue weighted by molar-refractivity contribution is 5.79. The predicted octanol–water partition coefficient (Wildman–Crippen LogP) is 5.74. The zero-order valence-corrected chi connectivity index (χ0v) is 22.0. The fourth-order valence-corrected chi connectivity index (χ4v) is 11.4. The van der Waals surface area contributed by atoms with E-state index >= 15 is 0 Å². The van der Waals surface area contributed by atoms with E-state index in [1.165, 1.54) is 25.7 Å². The molecule has 0 saturated heterocycles. The molecule has 4 nitrogen and oxygen atoms in total. The summed E-state index contributed by atoms with van der Waals surface area (Å²) >= 11 is 0. The first-order valence-electron chi connectivity index (χ1n) is 13.8. The summed E-state index contributed by atoms with van der Waals surface area (Å²) in [6.45, 7) is 13.9. The average Bonchev–Trinajstić information content (AvgIpc) is 3.12. The van der Waals surface area contributed by atoms with Gasteiger partial charge in [-0.3, -0.25) is 4.79 Å². The minimum atomic E-state index is -0.309. The number of fused-ring (bicyclic) bond motifs is 7. The van der Waals surface area contributed by atoms with Crippen LogP contribution in [0.25, 0.3) is 0 Å². The van der Waals surface area contributed by atoms with Crippen molar-refractivity contribution in [3.8, 4) is 0 Å². The first-order valence-corrected chi connectivity index (χ1v) is 13.8. The van der Waals surface area contributed by atoms with Crippen molar-refractivity contribution in [3.05, 3.63) is 0 Å². The third-order valence-electron chi connectivity index (χ3n) is 13.2. The molecule has 0 heterocycles. The number of aliphatic hydroxyl groups is 2. The van der Waals surface area contributed by atoms with Gasteiger partial charge >= 0.3 is 0 Å². The maximum atomic E-state index is 12.8. The predicted molar refractivity (Wildman–Crippen MR) is 129 cm³/mol. The smallest absolute Gasteiger partial charge is 0.144 e. The van der Waals surface area contributed by atoms with Gasteiger partial charge in [0.1, 0.15) is 12.6 Å². The van der Waals surface area contributed by atoms with Gasteiger partial charge in [-0.15, -0.1) is 0 Å². The van der Waals surface area contributed by atoms with Crippen LogP contribution in [0, 0.1) is 51.2 Å². The van der Waals surface area contributed by atoms with Crippen molar-refractivity contribution < 1.29 is 19.7 Å². The Kier molecular flexibility index (Phi) is 5.53. The molecule has 5 aliphatic carbocycles. The van der Waals surface area contributed by atoms with Gasteiger partial charge in [-0.05, 0) is 111 Å². The van der Waals surface area contributed by atoms with Gasteiger partial charge in [-0.2, -0.15) is 0 Å². The molecule has 0 aliphatic heterocycles. The highest BCUT2D eigenvalue weighted by Gasteiger charge is 2.71. The van der Waals surface area contributed by atoms with Crippen molar-refractivity contribution in [1.82, 2.24) is 0 Å². The number of carbonyl (C=O) groups is 1. The molecule has 4 heteroatoms. The molecule has 0 aromatic rings. The van der Waals surface area contributed by atoms with Gasteiger partial charge in [-0.1, -0.05) is 34.6 Å². The van der Waals surface area contributed by atoms with E-state index < -0.39 is 0 Å². The molecule has 33 heavy (non-hydrogen) atoms. The Morgan fingerprint density at radius 2 is 1.58 bits per heavy atom. The number of rotatable bonds is 3. The van der Waals surface area contributed by atoms with Crippen molar-refractivity contribution in [2.45, 2.75) is 117 Å². The Balaban J connectivity index is 1.54. The largest absolute Gasteiger partial charge is 0.393 e. The molecule has 0 radical (unpaired) electrons. The zero-order valence-electron chi connectivity index (χ0n) is 22.0. The van der Waals surface area contributed by atoms with Crippen LogP contribution >= 0.6 is 0 Å². The van der Waals surface area contributed by atoms with E-state index in [1.807, 2.05) is 0 Å². The molecule has 5 fully saturated rings. The number of hydrogen-bond acceptors (Lipinski definition) is 4. The standard InChI is InChI=1S/C29H48O4/c1-18(31)19-9-14-29(33-17-30)16-15-27(5)20(24(19)29)7-8-22-26(4)12-11-23(32)25(2,3)21(26)10-13-28(22,27)6/h19-24,30,32H,7-17H2,1-6H3/t19?,20?,21?,22?,23?,24?,26-,27?,28+,29?/m0/s1. The van der Waals surface area contributed by atoms with Crippen LogP contribution in [0.15, 0.2) is 0 Å². The molecule has 0 bridgehead atoms. The van der Waals surface area contributed by atoms with Crippen LogP contribution in [0.1, 0.15) is 106 Å². The van der Waals surface area contributed by atoms with Crippen molar-refractivity contribution >= 4 is 5.78 Å². The Morgan fingerprint density at radius 1 is 0.848 bits per heavy atom. The molecule has 0 spiro atoms. The van der Waals surface area contributed by atoms with Gasteiger partial charge < -0.3 is 14.9 Å². The Bertz CT molecular complexity index is 807. The Labute approximate surface area is 201 Å². The molecule has 188 valence electrons. The number of carbonyl (C=O) groups excluding carboxylic acids is 1. The van der Waals surface area contributed by atoms with Gasteiger partial charge in [0.05, 0.1) is 11.7 Å². The normalized spacial score (nSPS) is 55.2. The second-order valence-corrected chi connectivity index (χ2v) is 14.2. The third kappa shape index (κ3) is 2.96. The summed E-state index contributed by atoms with van der Waals surface area (Å²) in [5.41, 5.74) is 0.379. The summed E-state index contributed by atoms with van der Waals surface area (Å²) in [5, 5.41) is 20.7. The van der Waals surface area contributed by atoms with Crippen molar-refractivity contribution in [3.63, 3.8) is 0 Å². The van der Waals surface area contributed by atoms with Crippen LogP contribution in [-0.2, 0) is 9.53 Å². The van der Waals surface area contributed by atoms with Gasteiger partial charge in [0.2, 0.25) is 0 Å². The van der Waals surface area contributed by atoms with E-state index in [4.69, 9.17) is 4.74 Å². The molecule has 5 aliphatic rings. The zero-order chi connectivity index (χ0) is 24.0. The molecule has 10 atom stereocenters. The lowest BCUT2D eigenvalue weighted by Crippen LogP contribution is -2.67. The van der Waals surface area contributed by atoms with Gasteiger partial charge in [0.15, 0.2) is 0 Å². The van der Waals surface area contributed by atoms with Crippen molar-refractivity contribution in [2.75, 3.05) is 6.79 Å². The Morgan fingerprint density at radius 3 is 2.24 bits per heavy atom. The third-order valence-corrected chi connectivity index (χ3v) is 13.2. The van der Waals surface area contributed by atoms with Crippen LogP contribution in [0.5, 0.6) is 0 Å². The fourth-order valence-electron chi connectivity index (χ4n) is 11.4. The lowest BCUT2D eigenvalue weighted by Gasteiger charge is -2.72. The van der Waals surface area contributed by atoms with Crippen LogP contribution in [-0.4, -0.2) is 34.5 Å². The molecule has 0 aromatic heterocycles. The van der Waals surface area contributed by atoms with Crippen LogP contribution in [0.3, 0.4) is 0 Å². The first kappa shape index (κ1) is 24.3. The molecule has 0 amide bonds. The Hall–Kier alpha value is -0.450. The molecule has 2 N–H and O–H groups in total. The quantitative estimate of drug-likeness (QED) is 0.527. The summed E-state index contributed by atoms with van der Waals surface area (Å²) in [6, 6.07) is 0. The lowest BCUT2D eigenvalue weighted by molar-refractivity contribution is -0.265. The number of hydrogen-bond donors (Lipinski definition) is 2. The maximum Gasteiger partial charge on any atom is 0.144 e. The second kappa shape index (κ2) is 7.53. The number of ketones is 1. The van der Waals surface area contributed by atoms with E-state index in [1.54, 1.807) is 6.92 Å². The number of ether oxygens (including phenoxy) is 1. The SMILES string of the molecule is CC(=O)C1CCC2(OCO)CCC3(C)C(CCC4[C@@]5(C)CCC(O)C(C)(C)C5CC[C@]43C)C12.